The molecule has 5 heteroatoms. The van der Waals surface area contributed by atoms with E-state index in [1.165, 1.54) is 21.9 Å². The largest absolute Gasteiger partial charge is 0.320 e. The third kappa shape index (κ3) is 3.40. The summed E-state index contributed by atoms with van der Waals surface area (Å²) in [6, 6.07) is 5.62. The van der Waals surface area contributed by atoms with Crippen molar-refractivity contribution < 1.29 is 8.42 Å². The third-order valence-electron chi connectivity index (χ3n) is 3.93. The SMILES string of the molecule is CNCCCN(C)S(=O)(=O)c1ccc2c(c1)CCCC2. The molecule has 0 aliphatic heterocycles. The van der Waals surface area contributed by atoms with E-state index in [0.29, 0.717) is 11.4 Å². The molecule has 1 aliphatic rings. The van der Waals surface area contributed by atoms with Crippen LogP contribution in [-0.2, 0) is 22.9 Å². The van der Waals surface area contributed by atoms with Crippen LogP contribution in [0.5, 0.6) is 0 Å². The van der Waals surface area contributed by atoms with E-state index in [4.69, 9.17) is 0 Å². The van der Waals surface area contributed by atoms with E-state index in [-0.39, 0.29) is 0 Å². The molecule has 1 aromatic rings. The van der Waals surface area contributed by atoms with Crippen LogP contribution in [0.3, 0.4) is 0 Å². The number of aryl methyl sites for hydroxylation is 2. The summed E-state index contributed by atoms with van der Waals surface area (Å²) in [5, 5.41) is 3.03. The highest BCUT2D eigenvalue weighted by molar-refractivity contribution is 7.89. The summed E-state index contributed by atoms with van der Waals surface area (Å²) in [7, 11) is 0.183. The molecule has 0 amide bonds. The Morgan fingerprint density at radius 3 is 2.60 bits per heavy atom. The molecule has 0 radical (unpaired) electrons. The lowest BCUT2D eigenvalue weighted by molar-refractivity contribution is 0.458. The first-order valence-corrected chi connectivity index (χ1v) is 8.72. The van der Waals surface area contributed by atoms with E-state index < -0.39 is 10.0 Å². The molecular formula is C15H24N2O2S. The van der Waals surface area contributed by atoms with Gasteiger partial charge < -0.3 is 5.32 Å². The Kier molecular flexibility index (Phi) is 5.18. The second-order valence-electron chi connectivity index (χ2n) is 5.42. The number of benzene rings is 1. The van der Waals surface area contributed by atoms with Gasteiger partial charge in [-0.1, -0.05) is 6.07 Å². The molecule has 0 heterocycles. The van der Waals surface area contributed by atoms with Gasteiger partial charge in [-0.3, -0.25) is 0 Å². The Balaban J connectivity index is 2.16. The molecule has 1 N–H and O–H groups in total. The standard InChI is InChI=1S/C15H24N2O2S/c1-16-10-5-11-17(2)20(18,19)15-9-8-13-6-3-4-7-14(13)12-15/h8-9,12,16H,3-7,10-11H2,1-2H3. The van der Waals surface area contributed by atoms with Crippen LogP contribution < -0.4 is 5.32 Å². The minimum absolute atomic E-state index is 0.435. The Morgan fingerprint density at radius 1 is 1.20 bits per heavy atom. The van der Waals surface area contributed by atoms with Gasteiger partial charge in [0.25, 0.3) is 0 Å². The van der Waals surface area contributed by atoms with Crippen LogP contribution in [0.15, 0.2) is 23.1 Å². The Morgan fingerprint density at radius 2 is 1.90 bits per heavy atom. The fraction of sp³-hybridized carbons (Fsp3) is 0.600. The van der Waals surface area contributed by atoms with Gasteiger partial charge in [-0.15, -0.1) is 0 Å². The van der Waals surface area contributed by atoms with Gasteiger partial charge in [0.15, 0.2) is 0 Å². The minimum atomic E-state index is -3.35. The van der Waals surface area contributed by atoms with Crippen molar-refractivity contribution in [1.29, 1.82) is 0 Å². The van der Waals surface area contributed by atoms with Gasteiger partial charge in [0.1, 0.15) is 0 Å². The molecule has 1 aromatic carbocycles. The lowest BCUT2D eigenvalue weighted by Gasteiger charge is -2.20. The summed E-state index contributed by atoms with van der Waals surface area (Å²) >= 11 is 0. The average Bonchev–Trinajstić information content (AvgIpc) is 2.46. The predicted molar refractivity (Wildman–Crippen MR) is 81.4 cm³/mol. The number of nitrogens with zero attached hydrogens (tertiary/aromatic N) is 1. The first kappa shape index (κ1) is 15.5. The molecule has 0 unspecified atom stereocenters. The molecule has 0 aromatic heterocycles. The zero-order valence-electron chi connectivity index (χ0n) is 12.4. The van der Waals surface area contributed by atoms with Gasteiger partial charge in [-0.25, -0.2) is 12.7 Å². The summed E-state index contributed by atoms with van der Waals surface area (Å²) in [6.45, 7) is 1.37. The normalized spacial score (nSPS) is 15.3. The van der Waals surface area contributed by atoms with Crippen LogP contribution in [0, 0.1) is 0 Å². The maximum absolute atomic E-state index is 12.5. The van der Waals surface area contributed by atoms with E-state index in [2.05, 4.69) is 5.32 Å². The lowest BCUT2D eigenvalue weighted by atomic mass is 9.92. The zero-order chi connectivity index (χ0) is 14.6. The second kappa shape index (κ2) is 6.70. The molecule has 4 nitrogen and oxygen atoms in total. The van der Waals surface area contributed by atoms with E-state index >= 15 is 0 Å². The quantitative estimate of drug-likeness (QED) is 0.814. The van der Waals surface area contributed by atoms with Crippen LogP contribution in [0.4, 0.5) is 0 Å². The maximum Gasteiger partial charge on any atom is 0.242 e. The average molecular weight is 296 g/mol. The monoisotopic (exact) mass is 296 g/mol. The molecule has 2 rings (SSSR count). The fourth-order valence-corrected chi connectivity index (χ4v) is 3.91. The molecular weight excluding hydrogens is 272 g/mol. The molecule has 1 aliphatic carbocycles. The van der Waals surface area contributed by atoms with Crippen molar-refractivity contribution >= 4 is 10.0 Å². The maximum atomic E-state index is 12.5. The van der Waals surface area contributed by atoms with Crippen molar-refractivity contribution in [3.63, 3.8) is 0 Å². The number of hydrogen-bond donors (Lipinski definition) is 1. The molecule has 20 heavy (non-hydrogen) atoms. The van der Waals surface area contributed by atoms with Gasteiger partial charge in [-0.05, 0) is 69.0 Å². The summed E-state index contributed by atoms with van der Waals surface area (Å²) in [5.74, 6) is 0. The second-order valence-corrected chi connectivity index (χ2v) is 7.47. The van der Waals surface area contributed by atoms with Crippen LogP contribution in [0.25, 0.3) is 0 Å². The molecule has 112 valence electrons. The number of sulfonamides is 1. The van der Waals surface area contributed by atoms with Crippen molar-refractivity contribution in [3.8, 4) is 0 Å². The summed E-state index contributed by atoms with van der Waals surface area (Å²) < 4.78 is 26.5. The lowest BCUT2D eigenvalue weighted by Crippen LogP contribution is -2.29. The Labute approximate surface area is 122 Å². The molecule has 0 fully saturated rings. The molecule has 0 bridgehead atoms. The Bertz CT molecular complexity index is 555. The summed E-state index contributed by atoms with van der Waals surface area (Å²) in [5.41, 5.74) is 2.52. The number of nitrogens with one attached hydrogen (secondary N) is 1. The Hall–Kier alpha value is -0.910. The first-order valence-electron chi connectivity index (χ1n) is 7.28. The number of rotatable bonds is 6. The van der Waals surface area contributed by atoms with Crippen molar-refractivity contribution in [2.75, 3.05) is 27.2 Å². The van der Waals surface area contributed by atoms with Crippen molar-refractivity contribution in [2.45, 2.75) is 37.0 Å². The van der Waals surface area contributed by atoms with Crippen LogP contribution in [0.1, 0.15) is 30.4 Å². The van der Waals surface area contributed by atoms with Crippen molar-refractivity contribution in [1.82, 2.24) is 9.62 Å². The fourth-order valence-electron chi connectivity index (χ4n) is 2.65. The summed E-state index contributed by atoms with van der Waals surface area (Å²) in [4.78, 5) is 0.435. The van der Waals surface area contributed by atoms with Crippen LogP contribution >= 0.6 is 0 Å². The van der Waals surface area contributed by atoms with E-state index in [1.807, 2.05) is 19.2 Å². The van der Waals surface area contributed by atoms with Gasteiger partial charge in [0.05, 0.1) is 4.90 Å². The molecule has 0 saturated carbocycles. The number of fused-ring (bicyclic) bond motifs is 1. The first-order chi connectivity index (χ1) is 9.55. The van der Waals surface area contributed by atoms with Gasteiger partial charge in [0, 0.05) is 13.6 Å². The van der Waals surface area contributed by atoms with Gasteiger partial charge in [0.2, 0.25) is 10.0 Å². The minimum Gasteiger partial charge on any atom is -0.320 e. The summed E-state index contributed by atoms with van der Waals surface area (Å²) in [6.07, 6.45) is 5.27. The van der Waals surface area contributed by atoms with E-state index in [1.54, 1.807) is 13.1 Å². The molecule has 0 atom stereocenters. The van der Waals surface area contributed by atoms with Gasteiger partial charge >= 0.3 is 0 Å². The van der Waals surface area contributed by atoms with Crippen LogP contribution in [0.2, 0.25) is 0 Å². The van der Waals surface area contributed by atoms with Gasteiger partial charge in [-0.2, -0.15) is 0 Å². The van der Waals surface area contributed by atoms with E-state index in [9.17, 15) is 8.42 Å². The topological polar surface area (TPSA) is 49.4 Å². The number of hydrogen-bond acceptors (Lipinski definition) is 3. The highest BCUT2D eigenvalue weighted by Crippen LogP contribution is 2.25. The van der Waals surface area contributed by atoms with E-state index in [0.717, 1.165) is 32.2 Å². The molecule has 0 spiro atoms. The van der Waals surface area contributed by atoms with Crippen molar-refractivity contribution in [3.05, 3.63) is 29.3 Å². The highest BCUT2D eigenvalue weighted by Gasteiger charge is 2.22. The molecule has 0 saturated heterocycles. The third-order valence-corrected chi connectivity index (χ3v) is 5.78. The highest BCUT2D eigenvalue weighted by atomic mass is 32.2. The predicted octanol–water partition coefficient (Wildman–Crippen LogP) is 1.80. The smallest absolute Gasteiger partial charge is 0.242 e. The van der Waals surface area contributed by atoms with Crippen molar-refractivity contribution in [2.24, 2.45) is 0 Å². The zero-order valence-corrected chi connectivity index (χ0v) is 13.2. The van der Waals surface area contributed by atoms with Crippen LogP contribution in [-0.4, -0.2) is 39.9 Å².